The van der Waals surface area contributed by atoms with Crippen molar-refractivity contribution in [3.05, 3.63) is 35.9 Å². The average molecular weight is 275 g/mol. The van der Waals surface area contributed by atoms with Crippen molar-refractivity contribution < 1.29 is 14.7 Å². The van der Waals surface area contributed by atoms with Crippen LogP contribution in [0.1, 0.15) is 31.7 Å². The normalized spacial score (nSPS) is 23.2. The van der Waals surface area contributed by atoms with Crippen LogP contribution in [0.25, 0.3) is 0 Å². The number of carboxylic acids is 1. The zero-order chi connectivity index (χ0) is 14.5. The molecular formula is C16H21NO3. The van der Waals surface area contributed by atoms with Gasteiger partial charge in [-0.3, -0.25) is 9.59 Å². The lowest BCUT2D eigenvalue weighted by atomic mass is 9.96. The number of carboxylic acid groups (broad SMARTS) is 1. The maximum Gasteiger partial charge on any atom is 0.325 e. The number of rotatable bonds is 5. The van der Waals surface area contributed by atoms with Gasteiger partial charge in [0, 0.05) is 5.92 Å². The molecule has 0 aromatic heterocycles. The van der Waals surface area contributed by atoms with Gasteiger partial charge in [0.15, 0.2) is 0 Å². The molecule has 1 aromatic carbocycles. The van der Waals surface area contributed by atoms with Gasteiger partial charge in [-0.05, 0) is 44.1 Å². The van der Waals surface area contributed by atoms with Crippen LogP contribution in [0.5, 0.6) is 0 Å². The van der Waals surface area contributed by atoms with Crippen LogP contribution in [0.2, 0.25) is 0 Å². The van der Waals surface area contributed by atoms with Crippen LogP contribution in [0.4, 0.5) is 0 Å². The van der Waals surface area contributed by atoms with E-state index in [9.17, 15) is 9.59 Å². The predicted molar refractivity (Wildman–Crippen MR) is 76.2 cm³/mol. The van der Waals surface area contributed by atoms with Crippen molar-refractivity contribution in [2.45, 2.75) is 38.6 Å². The highest BCUT2D eigenvalue weighted by Crippen LogP contribution is 2.33. The summed E-state index contributed by atoms with van der Waals surface area (Å²) in [5.74, 6) is -0.619. The summed E-state index contributed by atoms with van der Waals surface area (Å²) in [6.07, 6.45) is 3.75. The molecule has 20 heavy (non-hydrogen) atoms. The Morgan fingerprint density at radius 2 is 2.00 bits per heavy atom. The molecule has 2 N–H and O–H groups in total. The molecule has 1 aromatic rings. The van der Waals surface area contributed by atoms with E-state index in [1.807, 2.05) is 18.2 Å². The molecular weight excluding hydrogens is 254 g/mol. The SMILES string of the molecule is C[C@H](NC(=O)[C@@H]1CC[C@@H](Cc2ccccc2)C1)C(=O)O. The number of carbonyl (C=O) groups excluding carboxylic acids is 1. The molecule has 0 saturated heterocycles. The van der Waals surface area contributed by atoms with Crippen molar-refractivity contribution in [1.29, 1.82) is 0 Å². The standard InChI is InChI=1S/C16H21NO3/c1-11(16(19)20)17-15(18)14-8-7-13(10-14)9-12-5-3-2-4-6-12/h2-6,11,13-14H,7-10H2,1H3,(H,17,18)(H,19,20)/t11-,13-,14+/m0/s1. The van der Waals surface area contributed by atoms with E-state index in [1.165, 1.54) is 12.5 Å². The Hall–Kier alpha value is -1.84. The Morgan fingerprint density at radius 1 is 1.30 bits per heavy atom. The van der Waals surface area contributed by atoms with Crippen molar-refractivity contribution in [3.63, 3.8) is 0 Å². The van der Waals surface area contributed by atoms with Crippen molar-refractivity contribution in [3.8, 4) is 0 Å². The molecule has 1 amide bonds. The maximum atomic E-state index is 12.0. The zero-order valence-corrected chi connectivity index (χ0v) is 11.7. The largest absolute Gasteiger partial charge is 0.480 e. The molecule has 1 saturated carbocycles. The van der Waals surface area contributed by atoms with Crippen LogP contribution in [0.15, 0.2) is 30.3 Å². The maximum absolute atomic E-state index is 12.0. The summed E-state index contributed by atoms with van der Waals surface area (Å²) in [5, 5.41) is 11.4. The van der Waals surface area contributed by atoms with Crippen molar-refractivity contribution >= 4 is 11.9 Å². The minimum atomic E-state index is -0.989. The summed E-state index contributed by atoms with van der Waals surface area (Å²) in [6, 6.07) is 9.48. The fourth-order valence-corrected chi connectivity index (χ4v) is 2.84. The number of aliphatic carboxylic acids is 1. The Kier molecular flexibility index (Phi) is 4.77. The Balaban J connectivity index is 1.83. The van der Waals surface area contributed by atoms with E-state index in [4.69, 9.17) is 5.11 Å². The number of amides is 1. The third-order valence-corrected chi connectivity index (χ3v) is 4.01. The van der Waals surface area contributed by atoms with Gasteiger partial charge in [0.1, 0.15) is 6.04 Å². The number of nitrogens with one attached hydrogen (secondary N) is 1. The van der Waals surface area contributed by atoms with Crippen LogP contribution in [0, 0.1) is 11.8 Å². The van der Waals surface area contributed by atoms with Crippen molar-refractivity contribution in [1.82, 2.24) is 5.32 Å². The summed E-state index contributed by atoms with van der Waals surface area (Å²) in [5.41, 5.74) is 1.30. The Labute approximate surface area is 119 Å². The number of carbonyl (C=O) groups is 2. The molecule has 1 aliphatic rings. The summed E-state index contributed by atoms with van der Waals surface area (Å²) < 4.78 is 0. The summed E-state index contributed by atoms with van der Waals surface area (Å²) >= 11 is 0. The van der Waals surface area contributed by atoms with E-state index in [1.54, 1.807) is 0 Å². The minimum absolute atomic E-state index is 0.0366. The van der Waals surface area contributed by atoms with E-state index in [0.29, 0.717) is 5.92 Å². The fraction of sp³-hybridized carbons (Fsp3) is 0.500. The highest BCUT2D eigenvalue weighted by atomic mass is 16.4. The molecule has 1 fully saturated rings. The van der Waals surface area contributed by atoms with E-state index in [0.717, 1.165) is 25.7 Å². The highest BCUT2D eigenvalue weighted by Gasteiger charge is 2.31. The van der Waals surface area contributed by atoms with E-state index < -0.39 is 12.0 Å². The molecule has 0 radical (unpaired) electrons. The first kappa shape index (κ1) is 14.6. The number of benzene rings is 1. The van der Waals surface area contributed by atoms with E-state index in [-0.39, 0.29) is 11.8 Å². The second-order valence-electron chi connectivity index (χ2n) is 5.63. The van der Waals surface area contributed by atoms with Gasteiger partial charge in [-0.2, -0.15) is 0 Å². The van der Waals surface area contributed by atoms with Gasteiger partial charge >= 0.3 is 5.97 Å². The summed E-state index contributed by atoms with van der Waals surface area (Å²) in [4.78, 5) is 22.7. The van der Waals surface area contributed by atoms with Crippen LogP contribution >= 0.6 is 0 Å². The second-order valence-corrected chi connectivity index (χ2v) is 5.63. The topological polar surface area (TPSA) is 66.4 Å². The predicted octanol–water partition coefficient (Wildman–Crippen LogP) is 2.23. The van der Waals surface area contributed by atoms with Gasteiger partial charge in [0.2, 0.25) is 5.91 Å². The first-order valence-corrected chi connectivity index (χ1v) is 7.13. The zero-order valence-electron chi connectivity index (χ0n) is 11.7. The molecule has 0 heterocycles. The summed E-state index contributed by atoms with van der Waals surface area (Å²) in [6.45, 7) is 1.50. The molecule has 1 aliphatic carbocycles. The van der Waals surface area contributed by atoms with Crippen molar-refractivity contribution in [2.75, 3.05) is 0 Å². The smallest absolute Gasteiger partial charge is 0.325 e. The lowest BCUT2D eigenvalue weighted by Gasteiger charge is -2.14. The molecule has 2 rings (SSSR count). The van der Waals surface area contributed by atoms with Gasteiger partial charge in [-0.15, -0.1) is 0 Å². The Bertz CT molecular complexity index is 472. The van der Waals surface area contributed by atoms with Gasteiger partial charge in [-0.1, -0.05) is 30.3 Å². The molecule has 4 heteroatoms. The third-order valence-electron chi connectivity index (χ3n) is 4.01. The van der Waals surface area contributed by atoms with E-state index in [2.05, 4.69) is 17.4 Å². The average Bonchev–Trinajstić information content (AvgIpc) is 2.88. The Morgan fingerprint density at radius 3 is 2.65 bits per heavy atom. The first-order chi connectivity index (χ1) is 9.56. The molecule has 3 atom stereocenters. The quantitative estimate of drug-likeness (QED) is 0.866. The number of hydrogen-bond acceptors (Lipinski definition) is 2. The van der Waals surface area contributed by atoms with Gasteiger partial charge < -0.3 is 10.4 Å². The fourth-order valence-electron chi connectivity index (χ4n) is 2.84. The van der Waals surface area contributed by atoms with Crippen LogP contribution in [-0.4, -0.2) is 23.0 Å². The van der Waals surface area contributed by atoms with Crippen molar-refractivity contribution in [2.24, 2.45) is 11.8 Å². The minimum Gasteiger partial charge on any atom is -0.480 e. The number of hydrogen-bond donors (Lipinski definition) is 2. The lowest BCUT2D eigenvalue weighted by molar-refractivity contribution is -0.141. The molecule has 0 bridgehead atoms. The second kappa shape index (κ2) is 6.55. The molecule has 108 valence electrons. The lowest BCUT2D eigenvalue weighted by Crippen LogP contribution is -2.41. The molecule has 0 unspecified atom stereocenters. The van der Waals surface area contributed by atoms with Gasteiger partial charge in [0.25, 0.3) is 0 Å². The molecule has 4 nitrogen and oxygen atoms in total. The molecule has 0 aliphatic heterocycles. The van der Waals surface area contributed by atoms with Crippen LogP contribution < -0.4 is 5.32 Å². The monoisotopic (exact) mass is 275 g/mol. The first-order valence-electron chi connectivity index (χ1n) is 7.13. The van der Waals surface area contributed by atoms with E-state index >= 15 is 0 Å². The highest BCUT2D eigenvalue weighted by molar-refractivity contribution is 5.84. The summed E-state index contributed by atoms with van der Waals surface area (Å²) in [7, 11) is 0. The van der Waals surface area contributed by atoms with Gasteiger partial charge in [-0.25, -0.2) is 0 Å². The molecule has 0 spiro atoms. The van der Waals surface area contributed by atoms with Crippen LogP contribution in [0.3, 0.4) is 0 Å². The van der Waals surface area contributed by atoms with Crippen LogP contribution in [-0.2, 0) is 16.0 Å². The third kappa shape index (κ3) is 3.83. The van der Waals surface area contributed by atoms with Gasteiger partial charge in [0.05, 0.1) is 0 Å².